The zero-order chi connectivity index (χ0) is 29.1. The molecule has 3 aliphatic rings. The molecule has 40 heavy (non-hydrogen) atoms. The molecule has 9 unspecified atom stereocenters. The maximum Gasteiger partial charge on any atom is 0.167 e. The van der Waals surface area contributed by atoms with Crippen molar-refractivity contribution in [2.45, 2.75) is 74.7 Å². The number of carbonyl (C=O) groups is 3. The van der Waals surface area contributed by atoms with E-state index in [1.165, 1.54) is 0 Å². The van der Waals surface area contributed by atoms with E-state index in [0.29, 0.717) is 0 Å². The summed E-state index contributed by atoms with van der Waals surface area (Å²) in [4.78, 5) is 41.9. The molecule has 2 saturated carbocycles. The molecule has 1 aromatic heterocycles. The van der Waals surface area contributed by atoms with Crippen molar-refractivity contribution in [3.8, 4) is 11.3 Å². The molecule has 4 nitrogen and oxygen atoms in total. The molecule has 1 heterocycles. The molecule has 0 aliphatic heterocycles. The highest BCUT2D eigenvalue weighted by molar-refractivity contribution is 6.08. The first-order valence-corrected chi connectivity index (χ1v) is 14.9. The van der Waals surface area contributed by atoms with Gasteiger partial charge >= 0.3 is 0 Å². The van der Waals surface area contributed by atoms with E-state index in [4.69, 9.17) is 4.42 Å². The number of hydrogen-bond donors (Lipinski definition) is 0. The number of rotatable bonds is 2. The lowest BCUT2D eigenvalue weighted by atomic mass is 9.32. The molecule has 0 saturated heterocycles. The fraction of sp³-hybridized carbons (Fsp3) is 0.528. The van der Waals surface area contributed by atoms with Crippen LogP contribution in [0.1, 0.15) is 89.2 Å². The molecule has 3 aliphatic carbocycles. The minimum atomic E-state index is -0.767. The van der Waals surface area contributed by atoms with Crippen LogP contribution in [0.15, 0.2) is 46.9 Å². The van der Waals surface area contributed by atoms with E-state index >= 15 is 0 Å². The van der Waals surface area contributed by atoms with Gasteiger partial charge in [0.05, 0.1) is 5.92 Å². The Kier molecular flexibility index (Phi) is 5.78. The molecule has 2 fully saturated rings. The van der Waals surface area contributed by atoms with Gasteiger partial charge < -0.3 is 4.42 Å². The predicted octanol–water partition coefficient (Wildman–Crippen LogP) is 8.44. The number of Topliss-reactive ketones (excluding diaryl/α,β-unsaturated/α-hetero) is 3. The van der Waals surface area contributed by atoms with Crippen LogP contribution in [0, 0.1) is 52.8 Å². The lowest BCUT2D eigenvalue weighted by Crippen LogP contribution is -2.70. The number of hydrogen-bond acceptors (Lipinski definition) is 4. The Morgan fingerprint density at radius 3 is 2.30 bits per heavy atom. The van der Waals surface area contributed by atoms with Crippen LogP contribution >= 0.6 is 0 Å². The van der Waals surface area contributed by atoms with Gasteiger partial charge in [0.1, 0.15) is 22.9 Å². The van der Waals surface area contributed by atoms with Crippen LogP contribution in [0.4, 0.5) is 0 Å². The van der Waals surface area contributed by atoms with E-state index in [2.05, 4.69) is 60.6 Å². The summed E-state index contributed by atoms with van der Waals surface area (Å²) in [5.74, 6) is 0.0120. The summed E-state index contributed by atoms with van der Waals surface area (Å²) in [5.41, 5.74) is 3.18. The second kappa shape index (κ2) is 8.50. The van der Waals surface area contributed by atoms with Gasteiger partial charge in [-0.25, -0.2) is 0 Å². The summed E-state index contributed by atoms with van der Waals surface area (Å²) in [6.07, 6.45) is 0.811. The van der Waals surface area contributed by atoms with E-state index in [9.17, 15) is 14.4 Å². The van der Waals surface area contributed by atoms with Crippen LogP contribution in [0.3, 0.4) is 0 Å². The maximum absolute atomic E-state index is 14.8. The van der Waals surface area contributed by atoms with Gasteiger partial charge in [-0.2, -0.15) is 0 Å². The van der Waals surface area contributed by atoms with E-state index in [0.717, 1.165) is 45.4 Å². The Balaban J connectivity index is 1.54. The van der Waals surface area contributed by atoms with Crippen LogP contribution in [0.25, 0.3) is 22.3 Å². The molecule has 0 bridgehead atoms. The number of fused-ring (bicyclic) bond motifs is 4. The van der Waals surface area contributed by atoms with Crippen LogP contribution in [0.2, 0.25) is 0 Å². The highest BCUT2D eigenvalue weighted by Gasteiger charge is 2.73. The second-order valence-corrected chi connectivity index (χ2v) is 14.0. The molecule has 0 N–H and O–H groups in total. The first-order chi connectivity index (χ1) is 18.7. The van der Waals surface area contributed by atoms with Crippen molar-refractivity contribution in [3.63, 3.8) is 0 Å². The van der Waals surface area contributed by atoms with Gasteiger partial charge in [0.25, 0.3) is 0 Å². The highest BCUT2D eigenvalue weighted by Crippen LogP contribution is 2.73. The topological polar surface area (TPSA) is 64.3 Å². The molecule has 9 atom stereocenters. The van der Waals surface area contributed by atoms with Gasteiger partial charge in [-0.3, -0.25) is 14.4 Å². The summed E-state index contributed by atoms with van der Waals surface area (Å²) < 4.78 is 6.22. The SMILES string of the molecule is CC(=O)C1C(=O)C2(C)C(C)C3C(=O)c4c(ccc(-c5cc6ccccc6o5)c4C)C(C)C3(C)C(C)C2(C)CC1C. The van der Waals surface area contributed by atoms with E-state index < -0.39 is 11.3 Å². The van der Waals surface area contributed by atoms with Crippen molar-refractivity contribution in [2.24, 2.45) is 45.8 Å². The van der Waals surface area contributed by atoms with Crippen molar-refractivity contribution >= 4 is 28.3 Å². The van der Waals surface area contributed by atoms with E-state index in [1.807, 2.05) is 37.3 Å². The number of benzene rings is 2. The zero-order valence-corrected chi connectivity index (χ0v) is 25.3. The number of furan rings is 1. The van der Waals surface area contributed by atoms with Gasteiger partial charge in [0.15, 0.2) is 5.78 Å². The van der Waals surface area contributed by atoms with Gasteiger partial charge in [-0.15, -0.1) is 0 Å². The molecule has 6 rings (SSSR count). The van der Waals surface area contributed by atoms with Gasteiger partial charge in [-0.05, 0) is 78.0 Å². The first kappa shape index (κ1) is 27.2. The minimum Gasteiger partial charge on any atom is -0.456 e. The van der Waals surface area contributed by atoms with Crippen LogP contribution in [-0.2, 0) is 9.59 Å². The lowest BCUT2D eigenvalue weighted by molar-refractivity contribution is -0.206. The van der Waals surface area contributed by atoms with Crippen molar-refractivity contribution in [1.29, 1.82) is 0 Å². The third kappa shape index (κ3) is 3.06. The summed E-state index contributed by atoms with van der Waals surface area (Å²) in [6, 6.07) is 14.3. The Hall–Kier alpha value is -3.01. The zero-order valence-electron chi connectivity index (χ0n) is 25.3. The number of carbonyl (C=O) groups excluding carboxylic acids is 3. The minimum absolute atomic E-state index is 0.00614. The summed E-state index contributed by atoms with van der Waals surface area (Å²) >= 11 is 0. The van der Waals surface area contributed by atoms with Crippen LogP contribution in [0.5, 0.6) is 0 Å². The number of ketones is 3. The molecular weight excluding hydrogens is 496 g/mol. The Morgan fingerprint density at radius 2 is 1.65 bits per heavy atom. The Labute approximate surface area is 237 Å². The molecule has 4 heteroatoms. The average molecular weight is 539 g/mol. The van der Waals surface area contributed by atoms with E-state index in [-0.39, 0.29) is 57.8 Å². The van der Waals surface area contributed by atoms with Gasteiger partial charge in [0, 0.05) is 27.8 Å². The summed E-state index contributed by atoms with van der Waals surface area (Å²) in [7, 11) is 0. The molecule has 3 aromatic rings. The third-order valence-electron chi connectivity index (χ3n) is 12.8. The first-order valence-electron chi connectivity index (χ1n) is 14.9. The predicted molar refractivity (Wildman–Crippen MR) is 158 cm³/mol. The largest absolute Gasteiger partial charge is 0.456 e. The summed E-state index contributed by atoms with van der Waals surface area (Å²) in [5, 5.41) is 1.04. The van der Waals surface area contributed by atoms with Crippen molar-refractivity contribution < 1.29 is 18.8 Å². The second-order valence-electron chi connectivity index (χ2n) is 14.0. The van der Waals surface area contributed by atoms with Crippen LogP contribution < -0.4 is 0 Å². The standard InChI is InChI=1S/C36H42O4/c1-18-17-34(7)23(6)35(8)20(3)26-15-14-25(28-16-24-12-10-11-13-27(24)40-28)19(2)30(26)32(38)31(35)21(4)36(34,9)33(39)29(18)22(5)37/h10-16,18,20-21,23,29,31H,17H2,1-9H3. The normalized spacial score (nSPS) is 39.0. The smallest absolute Gasteiger partial charge is 0.167 e. The van der Waals surface area contributed by atoms with Gasteiger partial charge in [-0.1, -0.05) is 78.8 Å². The third-order valence-corrected chi connectivity index (χ3v) is 12.8. The fourth-order valence-electron chi connectivity index (χ4n) is 10.1. The van der Waals surface area contributed by atoms with Crippen molar-refractivity contribution in [2.75, 3.05) is 0 Å². The van der Waals surface area contributed by atoms with Gasteiger partial charge in [0.2, 0.25) is 0 Å². The Morgan fingerprint density at radius 1 is 0.975 bits per heavy atom. The number of para-hydroxylation sites is 1. The molecule has 2 aromatic carbocycles. The quantitative estimate of drug-likeness (QED) is 0.307. The fourth-order valence-corrected chi connectivity index (χ4v) is 10.1. The van der Waals surface area contributed by atoms with Crippen LogP contribution in [-0.4, -0.2) is 17.3 Å². The molecular formula is C36H42O4. The molecule has 210 valence electrons. The molecule has 0 radical (unpaired) electrons. The van der Waals surface area contributed by atoms with E-state index in [1.54, 1.807) is 6.92 Å². The highest BCUT2D eigenvalue weighted by atomic mass is 16.3. The summed E-state index contributed by atoms with van der Waals surface area (Å²) in [6.45, 7) is 19.0. The van der Waals surface area contributed by atoms with Crippen molar-refractivity contribution in [1.82, 2.24) is 0 Å². The maximum atomic E-state index is 14.8. The molecule has 0 amide bonds. The molecule has 0 spiro atoms. The Bertz CT molecular complexity index is 1560. The lowest BCUT2D eigenvalue weighted by Gasteiger charge is -2.70. The average Bonchev–Trinajstić information content (AvgIpc) is 3.33. The van der Waals surface area contributed by atoms with Crippen molar-refractivity contribution in [3.05, 3.63) is 59.2 Å². The monoisotopic (exact) mass is 538 g/mol.